The Bertz CT molecular complexity index is 906. The largest absolute Gasteiger partial charge is 0.488 e. The molecule has 134 valence electrons. The van der Waals surface area contributed by atoms with Crippen molar-refractivity contribution in [2.24, 2.45) is 0 Å². The molecule has 0 spiro atoms. The summed E-state index contributed by atoms with van der Waals surface area (Å²) in [6, 6.07) is 15.2. The first kappa shape index (κ1) is 16.9. The van der Waals surface area contributed by atoms with Crippen molar-refractivity contribution in [1.82, 2.24) is 0 Å². The summed E-state index contributed by atoms with van der Waals surface area (Å²) >= 11 is 0. The van der Waals surface area contributed by atoms with Crippen LogP contribution in [0.5, 0.6) is 5.75 Å². The average Bonchev–Trinajstić information content (AvgIpc) is 2.93. The third kappa shape index (κ3) is 2.63. The molecule has 0 radical (unpaired) electrons. The monoisotopic (exact) mass is 347 g/mol. The van der Waals surface area contributed by atoms with Gasteiger partial charge in [0.2, 0.25) is 5.69 Å². The van der Waals surface area contributed by atoms with Crippen LogP contribution in [0.2, 0.25) is 0 Å². The highest BCUT2D eigenvalue weighted by molar-refractivity contribution is 6.07. The van der Waals surface area contributed by atoms with Crippen LogP contribution in [0.4, 0.5) is 11.4 Å². The van der Waals surface area contributed by atoms with Crippen molar-refractivity contribution in [2.75, 3.05) is 31.6 Å². The smallest absolute Gasteiger partial charge is 0.209 e. The van der Waals surface area contributed by atoms with Crippen molar-refractivity contribution in [1.29, 1.82) is 0 Å². The third-order valence-corrected chi connectivity index (χ3v) is 5.70. The molecule has 1 atom stereocenters. The Hall–Kier alpha value is -2.55. The number of ether oxygens (including phenoxy) is 1. The van der Waals surface area contributed by atoms with Gasteiger partial charge < -0.3 is 9.64 Å². The second-order valence-electron chi connectivity index (χ2n) is 7.08. The van der Waals surface area contributed by atoms with Crippen molar-refractivity contribution in [3.05, 3.63) is 59.2 Å². The Morgan fingerprint density at radius 1 is 1.12 bits per heavy atom. The number of rotatable bonds is 4. The molecule has 2 aliphatic heterocycles. The minimum atomic E-state index is 0.391. The van der Waals surface area contributed by atoms with Gasteiger partial charge in [-0.2, -0.15) is 4.58 Å². The zero-order chi connectivity index (χ0) is 18.3. The Kier molecular flexibility index (Phi) is 4.31. The molecule has 0 aliphatic carbocycles. The second kappa shape index (κ2) is 6.64. The number of hydrogen-bond donors (Lipinski definition) is 0. The van der Waals surface area contributed by atoms with E-state index in [0.29, 0.717) is 12.5 Å². The van der Waals surface area contributed by atoms with E-state index in [2.05, 4.69) is 85.8 Å². The van der Waals surface area contributed by atoms with Crippen LogP contribution in [0.15, 0.2) is 48.0 Å². The minimum Gasteiger partial charge on any atom is -0.488 e. The predicted molar refractivity (Wildman–Crippen MR) is 109 cm³/mol. The molecule has 2 aromatic rings. The van der Waals surface area contributed by atoms with E-state index in [-0.39, 0.29) is 0 Å². The van der Waals surface area contributed by atoms with Crippen LogP contribution in [0, 0.1) is 0 Å². The van der Waals surface area contributed by atoms with E-state index in [1.54, 1.807) is 0 Å². The van der Waals surface area contributed by atoms with Gasteiger partial charge in [0, 0.05) is 42.0 Å². The van der Waals surface area contributed by atoms with Gasteiger partial charge in [-0.3, -0.25) is 0 Å². The van der Waals surface area contributed by atoms with E-state index >= 15 is 0 Å². The van der Waals surface area contributed by atoms with Crippen LogP contribution < -0.4 is 9.64 Å². The number of nitrogens with zero attached hydrogens (tertiary/aromatic N) is 2. The lowest BCUT2D eigenvalue weighted by Crippen LogP contribution is -2.23. The normalized spacial score (nSPS) is 18.2. The summed E-state index contributed by atoms with van der Waals surface area (Å²) in [6.45, 7) is 9.31. The van der Waals surface area contributed by atoms with E-state index in [1.807, 2.05) is 0 Å². The predicted octanol–water partition coefficient (Wildman–Crippen LogP) is 4.84. The first-order valence-electron chi connectivity index (χ1n) is 9.56. The van der Waals surface area contributed by atoms with Gasteiger partial charge in [-0.05, 0) is 39.0 Å². The maximum absolute atomic E-state index is 6.18. The molecule has 2 heterocycles. The van der Waals surface area contributed by atoms with E-state index in [0.717, 1.165) is 18.8 Å². The van der Waals surface area contributed by atoms with Crippen molar-refractivity contribution < 1.29 is 9.31 Å². The number of benzene rings is 2. The fourth-order valence-corrected chi connectivity index (χ4v) is 4.31. The summed E-state index contributed by atoms with van der Waals surface area (Å²) in [5.41, 5.74) is 7.74. The number of hydrogen-bond acceptors (Lipinski definition) is 2. The maximum Gasteiger partial charge on any atom is 0.209 e. The number of anilines is 1. The minimum absolute atomic E-state index is 0.391. The first-order chi connectivity index (χ1) is 12.6. The summed E-state index contributed by atoms with van der Waals surface area (Å²) in [7, 11) is 2.16. The van der Waals surface area contributed by atoms with E-state index in [4.69, 9.17) is 4.74 Å². The van der Waals surface area contributed by atoms with Crippen molar-refractivity contribution in [3.63, 3.8) is 0 Å². The van der Waals surface area contributed by atoms with Crippen molar-refractivity contribution in [3.8, 4) is 5.75 Å². The van der Waals surface area contributed by atoms with Crippen molar-refractivity contribution in [2.45, 2.75) is 26.7 Å². The molecule has 0 bridgehead atoms. The van der Waals surface area contributed by atoms with Gasteiger partial charge in [-0.1, -0.05) is 18.2 Å². The Morgan fingerprint density at radius 3 is 2.62 bits per heavy atom. The van der Waals surface area contributed by atoms with Crippen LogP contribution in [-0.4, -0.2) is 37.0 Å². The molecule has 0 saturated carbocycles. The Morgan fingerprint density at radius 2 is 1.88 bits per heavy atom. The first-order valence-corrected chi connectivity index (χ1v) is 9.56. The van der Waals surface area contributed by atoms with Crippen LogP contribution in [0.1, 0.15) is 37.8 Å². The highest BCUT2D eigenvalue weighted by Crippen LogP contribution is 2.38. The van der Waals surface area contributed by atoms with E-state index < -0.39 is 0 Å². The molecule has 26 heavy (non-hydrogen) atoms. The summed E-state index contributed by atoms with van der Waals surface area (Å²) in [5, 5.41) is 0. The molecule has 0 N–H and O–H groups in total. The lowest BCUT2D eigenvalue weighted by atomic mass is 9.92. The zero-order valence-corrected chi connectivity index (χ0v) is 16.1. The topological polar surface area (TPSA) is 15.5 Å². The molecular formula is C23H27N2O+. The number of fused-ring (bicyclic) bond motifs is 2. The Labute approximate surface area is 156 Å². The average molecular weight is 347 g/mol. The van der Waals surface area contributed by atoms with Crippen LogP contribution in [0.25, 0.3) is 6.08 Å². The highest BCUT2D eigenvalue weighted by Gasteiger charge is 2.37. The van der Waals surface area contributed by atoms with Gasteiger partial charge in [-0.25, -0.2) is 0 Å². The van der Waals surface area contributed by atoms with E-state index in [9.17, 15) is 0 Å². The van der Waals surface area contributed by atoms with Crippen molar-refractivity contribution >= 4 is 23.2 Å². The molecule has 0 fully saturated rings. The lowest BCUT2D eigenvalue weighted by Gasteiger charge is -2.24. The second-order valence-corrected chi connectivity index (χ2v) is 7.08. The molecule has 2 aromatic carbocycles. The molecule has 0 amide bonds. The molecule has 3 nitrogen and oxygen atoms in total. The standard InChI is InChI=1S/C23H27N2O/c1-5-25(6-2)19-12-11-17-13-18(15-26-22(17)14-19)23-16(3)20-9-7-8-10-21(20)24(23)4/h7-14,16H,5-6,15H2,1-4H3/q+1. The lowest BCUT2D eigenvalue weighted by molar-refractivity contribution is -0.401. The third-order valence-electron chi connectivity index (χ3n) is 5.70. The van der Waals surface area contributed by atoms with Gasteiger partial charge in [0.15, 0.2) is 5.71 Å². The summed E-state index contributed by atoms with van der Waals surface area (Å²) in [4.78, 5) is 2.35. The fourth-order valence-electron chi connectivity index (χ4n) is 4.31. The van der Waals surface area contributed by atoms with E-state index in [1.165, 1.54) is 33.8 Å². The van der Waals surface area contributed by atoms with Gasteiger partial charge in [0.1, 0.15) is 19.4 Å². The highest BCUT2D eigenvalue weighted by atomic mass is 16.5. The molecule has 1 unspecified atom stereocenters. The van der Waals surface area contributed by atoms with Gasteiger partial charge in [0.05, 0.1) is 11.5 Å². The van der Waals surface area contributed by atoms with Crippen LogP contribution >= 0.6 is 0 Å². The molecule has 4 rings (SSSR count). The van der Waals surface area contributed by atoms with Crippen LogP contribution in [-0.2, 0) is 0 Å². The van der Waals surface area contributed by atoms with Gasteiger partial charge in [0.25, 0.3) is 0 Å². The molecule has 0 aromatic heterocycles. The summed E-state index contributed by atoms with van der Waals surface area (Å²) in [5.74, 6) is 1.38. The fraction of sp³-hybridized carbons (Fsp3) is 0.348. The summed E-state index contributed by atoms with van der Waals surface area (Å²) < 4.78 is 8.51. The number of para-hydroxylation sites is 1. The summed E-state index contributed by atoms with van der Waals surface area (Å²) in [6.07, 6.45) is 2.30. The molecular weight excluding hydrogens is 320 g/mol. The van der Waals surface area contributed by atoms with Gasteiger partial charge in [-0.15, -0.1) is 0 Å². The molecule has 3 heteroatoms. The quantitative estimate of drug-likeness (QED) is 0.735. The maximum atomic E-state index is 6.18. The molecule has 0 saturated heterocycles. The Balaban J connectivity index is 1.70. The molecule has 2 aliphatic rings. The zero-order valence-electron chi connectivity index (χ0n) is 16.1. The SMILES string of the molecule is CCN(CC)c1ccc2c(c1)OCC(C1=[N+](C)c3ccccc3C1C)=C2. The van der Waals surface area contributed by atoms with Crippen LogP contribution in [0.3, 0.4) is 0 Å². The van der Waals surface area contributed by atoms with Gasteiger partial charge >= 0.3 is 0 Å².